The van der Waals surface area contributed by atoms with Gasteiger partial charge in [-0.25, -0.2) is 9.97 Å². The van der Waals surface area contributed by atoms with Crippen LogP contribution in [0.25, 0.3) is 50.6 Å². The molecule has 0 bridgehead atoms. The molecule has 0 saturated carbocycles. The molecule has 0 saturated heterocycles. The Hall–Kier alpha value is -4.87. The zero-order chi connectivity index (χ0) is 25.9. The molecule has 2 aromatic carbocycles. The van der Waals surface area contributed by atoms with Crippen LogP contribution in [0.15, 0.2) is 70.1 Å². The number of hydrogen-bond acceptors (Lipinski definition) is 6. The van der Waals surface area contributed by atoms with Gasteiger partial charge < -0.3 is 9.15 Å². The standard InChI is InChI=1S/C25H17F3N6O3/c1-33-12-14(11-29-33)19-18(23-31-20-15(36-2)9-6-10-16(20)37-23)24(35)34-22(30-19)17(13-7-4-3-5-8-13)21(32-34)25(26,27)28/h3-12,32H,1-2H3. The van der Waals surface area contributed by atoms with Crippen molar-refractivity contribution in [1.29, 1.82) is 0 Å². The average molecular weight is 506 g/mol. The van der Waals surface area contributed by atoms with E-state index in [0.717, 1.165) is 4.52 Å². The fraction of sp³-hybridized carbons (Fsp3) is 0.120. The molecule has 0 spiro atoms. The predicted octanol–water partition coefficient (Wildman–Crippen LogP) is 4.93. The van der Waals surface area contributed by atoms with E-state index in [1.807, 2.05) is 0 Å². The van der Waals surface area contributed by atoms with Crippen LogP contribution < -0.4 is 10.3 Å². The average Bonchev–Trinajstić information content (AvgIpc) is 3.60. The van der Waals surface area contributed by atoms with Crippen LogP contribution in [0.4, 0.5) is 13.2 Å². The van der Waals surface area contributed by atoms with Gasteiger partial charge in [0.25, 0.3) is 5.56 Å². The van der Waals surface area contributed by atoms with Gasteiger partial charge in [0, 0.05) is 18.8 Å². The molecule has 6 rings (SSSR count). The number of hydrogen-bond donors (Lipinski definition) is 1. The normalized spacial score (nSPS) is 12.0. The lowest BCUT2D eigenvalue weighted by atomic mass is 10.0. The molecule has 0 fully saturated rings. The second-order valence-corrected chi connectivity index (χ2v) is 8.25. The first-order valence-corrected chi connectivity index (χ1v) is 11.0. The van der Waals surface area contributed by atoms with Gasteiger partial charge in [-0.2, -0.15) is 22.8 Å². The molecule has 0 aliphatic carbocycles. The summed E-state index contributed by atoms with van der Waals surface area (Å²) in [6.07, 6.45) is -1.72. The first-order valence-electron chi connectivity index (χ1n) is 11.0. The summed E-state index contributed by atoms with van der Waals surface area (Å²) in [5.74, 6) is 0.296. The van der Waals surface area contributed by atoms with Crippen molar-refractivity contribution in [2.45, 2.75) is 6.18 Å². The first kappa shape index (κ1) is 22.6. The zero-order valence-electron chi connectivity index (χ0n) is 19.4. The van der Waals surface area contributed by atoms with E-state index in [1.54, 1.807) is 49.6 Å². The van der Waals surface area contributed by atoms with Crippen LogP contribution in [-0.4, -0.2) is 36.5 Å². The van der Waals surface area contributed by atoms with Crippen LogP contribution in [0.2, 0.25) is 0 Å². The smallest absolute Gasteiger partial charge is 0.433 e. The van der Waals surface area contributed by atoms with E-state index in [-0.39, 0.29) is 33.9 Å². The lowest BCUT2D eigenvalue weighted by Gasteiger charge is -2.07. The van der Waals surface area contributed by atoms with Crippen LogP contribution in [0, 0.1) is 0 Å². The van der Waals surface area contributed by atoms with E-state index in [1.165, 1.54) is 30.1 Å². The number of methoxy groups -OCH3 is 1. The van der Waals surface area contributed by atoms with Crippen LogP contribution in [0.1, 0.15) is 5.69 Å². The number of nitrogens with zero attached hydrogens (tertiary/aromatic N) is 5. The Kier molecular flexibility index (Phi) is 4.93. The maximum atomic E-state index is 14.1. The third-order valence-electron chi connectivity index (χ3n) is 5.92. The summed E-state index contributed by atoms with van der Waals surface area (Å²) < 4.78 is 55.9. The Bertz CT molecular complexity index is 1850. The Morgan fingerprint density at radius 3 is 2.46 bits per heavy atom. The fourth-order valence-electron chi connectivity index (χ4n) is 4.30. The minimum Gasteiger partial charge on any atom is -0.494 e. The predicted molar refractivity (Wildman–Crippen MR) is 128 cm³/mol. The minimum atomic E-state index is -4.79. The third-order valence-corrected chi connectivity index (χ3v) is 5.92. The summed E-state index contributed by atoms with van der Waals surface area (Å²) in [5.41, 5.74) is -1.07. The number of oxazole rings is 1. The highest BCUT2D eigenvalue weighted by atomic mass is 19.4. The van der Waals surface area contributed by atoms with Gasteiger partial charge in [0.05, 0.1) is 24.6 Å². The van der Waals surface area contributed by atoms with Crippen molar-refractivity contribution < 1.29 is 22.3 Å². The molecule has 0 unspecified atom stereocenters. The summed E-state index contributed by atoms with van der Waals surface area (Å²) in [7, 11) is 3.14. The van der Waals surface area contributed by atoms with Crippen LogP contribution in [0.5, 0.6) is 5.75 Å². The van der Waals surface area contributed by atoms with Crippen LogP contribution in [0.3, 0.4) is 0 Å². The number of ether oxygens (including phenoxy) is 1. The third kappa shape index (κ3) is 3.56. The maximum absolute atomic E-state index is 14.1. The molecule has 4 heterocycles. The van der Waals surface area contributed by atoms with E-state index < -0.39 is 17.4 Å². The van der Waals surface area contributed by atoms with Crippen molar-refractivity contribution in [2.75, 3.05) is 7.11 Å². The van der Waals surface area contributed by atoms with E-state index in [2.05, 4.69) is 20.2 Å². The molecule has 37 heavy (non-hydrogen) atoms. The number of halogens is 3. The van der Waals surface area contributed by atoms with Gasteiger partial charge in [0.2, 0.25) is 5.89 Å². The zero-order valence-corrected chi connectivity index (χ0v) is 19.4. The highest BCUT2D eigenvalue weighted by Gasteiger charge is 2.39. The van der Waals surface area contributed by atoms with E-state index in [0.29, 0.717) is 22.4 Å². The molecular weight excluding hydrogens is 489 g/mol. The number of nitrogens with one attached hydrogen (secondary N) is 1. The van der Waals surface area contributed by atoms with Gasteiger partial charge in [-0.1, -0.05) is 36.4 Å². The molecule has 6 aromatic rings. The topological polar surface area (TPSA) is 103 Å². The van der Waals surface area contributed by atoms with Crippen molar-refractivity contribution >= 4 is 16.7 Å². The van der Waals surface area contributed by atoms with Crippen molar-refractivity contribution in [2.24, 2.45) is 7.05 Å². The molecule has 0 amide bonds. The number of fused-ring (bicyclic) bond motifs is 2. The van der Waals surface area contributed by atoms with Gasteiger partial charge >= 0.3 is 6.18 Å². The number of aryl methyl sites for hydroxylation is 1. The largest absolute Gasteiger partial charge is 0.494 e. The molecular formula is C25H17F3N6O3. The molecule has 4 aromatic heterocycles. The number of alkyl halides is 3. The van der Waals surface area contributed by atoms with Gasteiger partial charge in [0.15, 0.2) is 16.7 Å². The van der Waals surface area contributed by atoms with E-state index in [9.17, 15) is 18.0 Å². The van der Waals surface area contributed by atoms with E-state index in [4.69, 9.17) is 9.15 Å². The Morgan fingerprint density at radius 2 is 1.78 bits per heavy atom. The number of benzene rings is 2. The van der Waals surface area contributed by atoms with Gasteiger partial charge in [0.1, 0.15) is 17.0 Å². The van der Waals surface area contributed by atoms with Crippen molar-refractivity contribution in [1.82, 2.24) is 29.4 Å². The maximum Gasteiger partial charge on any atom is 0.433 e. The highest BCUT2D eigenvalue weighted by molar-refractivity contribution is 5.87. The van der Waals surface area contributed by atoms with Gasteiger partial charge in [-0.05, 0) is 17.7 Å². The summed E-state index contributed by atoms with van der Waals surface area (Å²) in [5, 5.41) is 6.36. The Labute approximate surface area is 205 Å². The summed E-state index contributed by atoms with van der Waals surface area (Å²) in [6.45, 7) is 0. The monoisotopic (exact) mass is 506 g/mol. The number of H-pyrrole nitrogens is 1. The number of aromatic amines is 1. The molecule has 0 atom stereocenters. The lowest BCUT2D eigenvalue weighted by Crippen LogP contribution is -2.19. The van der Waals surface area contributed by atoms with Crippen molar-refractivity contribution in [3.8, 4) is 39.6 Å². The Morgan fingerprint density at radius 1 is 1.00 bits per heavy atom. The number of aromatic nitrogens is 6. The first-order chi connectivity index (χ1) is 17.8. The van der Waals surface area contributed by atoms with Crippen molar-refractivity contribution in [3.63, 3.8) is 0 Å². The molecule has 9 nitrogen and oxygen atoms in total. The molecule has 0 aliphatic rings. The summed E-state index contributed by atoms with van der Waals surface area (Å²) in [4.78, 5) is 22.9. The van der Waals surface area contributed by atoms with Gasteiger partial charge in [-0.15, -0.1) is 0 Å². The molecule has 0 aliphatic heterocycles. The highest BCUT2D eigenvalue weighted by Crippen LogP contribution is 2.40. The lowest BCUT2D eigenvalue weighted by molar-refractivity contribution is -0.140. The fourth-order valence-corrected chi connectivity index (χ4v) is 4.30. The van der Waals surface area contributed by atoms with Gasteiger partial charge in [-0.3, -0.25) is 14.6 Å². The molecule has 186 valence electrons. The second-order valence-electron chi connectivity index (χ2n) is 8.25. The summed E-state index contributed by atoms with van der Waals surface area (Å²) >= 11 is 0. The van der Waals surface area contributed by atoms with Crippen LogP contribution >= 0.6 is 0 Å². The summed E-state index contributed by atoms with van der Waals surface area (Å²) in [6, 6.07) is 13.0. The molecule has 0 radical (unpaired) electrons. The quantitative estimate of drug-likeness (QED) is 0.364. The number of rotatable bonds is 4. The molecule has 12 heteroatoms. The number of para-hydroxylation sites is 1. The molecule has 1 N–H and O–H groups in total. The van der Waals surface area contributed by atoms with Crippen LogP contribution in [-0.2, 0) is 13.2 Å². The second kappa shape index (κ2) is 8.08. The van der Waals surface area contributed by atoms with E-state index >= 15 is 0 Å². The Balaban J connectivity index is 1.74. The van der Waals surface area contributed by atoms with Crippen molar-refractivity contribution in [3.05, 3.63) is 77.0 Å². The minimum absolute atomic E-state index is 0.0773. The SMILES string of the molecule is COc1cccc2oc(-c3c(-c4cnn(C)c4)nc4c(-c5ccccc5)c(C(F)(F)F)[nH]n4c3=O)nc12.